The molecule has 1 N–H and O–H groups in total. The minimum atomic E-state index is -4.39. The van der Waals surface area contributed by atoms with Crippen LogP contribution in [0.15, 0.2) is 72.3 Å². The third-order valence-electron chi connectivity index (χ3n) is 6.39. The summed E-state index contributed by atoms with van der Waals surface area (Å²) < 4.78 is 56.8. The number of hydrogen-bond donors (Lipinski definition) is 1. The van der Waals surface area contributed by atoms with E-state index in [9.17, 15) is 22.5 Å². The number of anilines is 1. The Hall–Kier alpha value is -3.44. The van der Waals surface area contributed by atoms with E-state index in [0.29, 0.717) is 47.3 Å². The minimum Gasteiger partial charge on any atom is -0.493 e. The molecule has 198 valence electrons. The standard InChI is InChI=1S/C30H29F3NO3P/c1-2-3-4-17-38(36)20-21-5-12-27(13-6-21)34-29(35)24-15-16-37-28-14-9-23(18-25(28)19-24)22-7-10-26(11-8-22)30(31,32)33/h5-14,18-19H,2-4,15-17,20H2,1H3/p+1. The number of ether oxygens (including phenoxy) is 1. The zero-order valence-electron chi connectivity index (χ0n) is 21.2. The van der Waals surface area contributed by atoms with E-state index in [1.54, 1.807) is 18.2 Å². The largest absolute Gasteiger partial charge is 0.493 e. The SMILES string of the molecule is CCCCC[P+](=O)Cc1ccc(NC(=O)C2=Cc3cc(-c4ccc(C(F)(F)F)cc4)ccc3OCC2)cc1. The number of carbonyl (C=O) groups excluding carboxylic acids is 1. The number of fused-ring (bicyclic) bond motifs is 1. The highest BCUT2D eigenvalue weighted by molar-refractivity contribution is 7.43. The maximum atomic E-state index is 13.0. The highest BCUT2D eigenvalue weighted by atomic mass is 31.1. The average Bonchev–Trinajstić information content (AvgIpc) is 3.12. The van der Waals surface area contributed by atoms with Crippen molar-refractivity contribution in [1.29, 1.82) is 0 Å². The van der Waals surface area contributed by atoms with Gasteiger partial charge in [0.25, 0.3) is 5.91 Å². The van der Waals surface area contributed by atoms with E-state index in [0.717, 1.165) is 48.7 Å². The Morgan fingerprint density at radius 1 is 0.974 bits per heavy atom. The van der Waals surface area contributed by atoms with E-state index in [4.69, 9.17) is 4.74 Å². The van der Waals surface area contributed by atoms with Crippen molar-refractivity contribution in [3.8, 4) is 16.9 Å². The molecular weight excluding hydrogens is 510 g/mol. The Bertz CT molecular complexity index is 1320. The van der Waals surface area contributed by atoms with E-state index in [2.05, 4.69) is 12.2 Å². The molecule has 0 saturated heterocycles. The van der Waals surface area contributed by atoms with Crippen molar-refractivity contribution in [3.05, 3.63) is 89.0 Å². The van der Waals surface area contributed by atoms with Gasteiger partial charge in [-0.3, -0.25) is 4.79 Å². The molecule has 0 aromatic heterocycles. The van der Waals surface area contributed by atoms with E-state index < -0.39 is 19.5 Å². The van der Waals surface area contributed by atoms with Crippen LogP contribution in [0.5, 0.6) is 5.75 Å². The number of alkyl halides is 3. The van der Waals surface area contributed by atoms with Gasteiger partial charge in [-0.05, 0) is 72.0 Å². The van der Waals surface area contributed by atoms with Crippen LogP contribution in [0.2, 0.25) is 0 Å². The van der Waals surface area contributed by atoms with E-state index >= 15 is 0 Å². The van der Waals surface area contributed by atoms with Crippen LogP contribution in [0, 0.1) is 0 Å². The topological polar surface area (TPSA) is 55.4 Å². The molecule has 3 aromatic rings. The maximum absolute atomic E-state index is 13.0. The lowest BCUT2D eigenvalue weighted by molar-refractivity contribution is -0.137. The summed E-state index contributed by atoms with van der Waals surface area (Å²) in [4.78, 5) is 13.0. The quantitative estimate of drug-likeness (QED) is 0.218. The highest BCUT2D eigenvalue weighted by Crippen LogP contribution is 2.34. The van der Waals surface area contributed by atoms with Crippen LogP contribution in [-0.4, -0.2) is 18.7 Å². The lowest BCUT2D eigenvalue weighted by Gasteiger charge is -2.10. The van der Waals surface area contributed by atoms with E-state index in [1.165, 1.54) is 12.1 Å². The first-order valence-corrected chi connectivity index (χ1v) is 14.3. The van der Waals surface area contributed by atoms with Crippen molar-refractivity contribution in [2.24, 2.45) is 0 Å². The molecule has 1 unspecified atom stereocenters. The molecule has 0 radical (unpaired) electrons. The molecule has 3 aromatic carbocycles. The molecule has 1 aliphatic heterocycles. The van der Waals surface area contributed by atoms with Crippen LogP contribution in [0.1, 0.15) is 49.3 Å². The summed E-state index contributed by atoms with van der Waals surface area (Å²) in [5.74, 6) is 0.362. The van der Waals surface area contributed by atoms with E-state index in [1.807, 2.05) is 30.3 Å². The van der Waals surface area contributed by atoms with Gasteiger partial charge in [0.1, 0.15) is 11.9 Å². The third kappa shape index (κ3) is 7.32. The molecule has 1 heterocycles. The number of rotatable bonds is 9. The summed E-state index contributed by atoms with van der Waals surface area (Å²) in [7, 11) is -1.27. The third-order valence-corrected chi connectivity index (χ3v) is 7.92. The Labute approximate surface area is 221 Å². The Kier molecular flexibility index (Phi) is 9.01. The number of amides is 1. The first-order valence-electron chi connectivity index (χ1n) is 12.7. The van der Waals surface area contributed by atoms with Gasteiger partial charge in [-0.25, -0.2) is 0 Å². The van der Waals surface area contributed by atoms with Gasteiger partial charge in [0.15, 0.2) is 6.16 Å². The molecule has 1 atom stereocenters. The molecule has 4 nitrogen and oxygen atoms in total. The second-order valence-electron chi connectivity index (χ2n) is 9.32. The lowest BCUT2D eigenvalue weighted by Crippen LogP contribution is -2.15. The molecule has 0 fully saturated rings. The molecule has 1 aliphatic rings. The van der Waals surface area contributed by atoms with Crippen LogP contribution in [-0.2, 0) is 21.7 Å². The maximum Gasteiger partial charge on any atom is 0.416 e. The van der Waals surface area contributed by atoms with Gasteiger partial charge in [0, 0.05) is 23.2 Å². The number of unbranched alkanes of at least 4 members (excludes halogenated alkanes) is 2. The summed E-state index contributed by atoms with van der Waals surface area (Å²) in [5.41, 5.74) is 3.51. The van der Waals surface area contributed by atoms with Gasteiger partial charge in [0.2, 0.25) is 0 Å². The number of nitrogens with one attached hydrogen (secondary N) is 1. The molecule has 0 saturated carbocycles. The summed E-state index contributed by atoms with van der Waals surface area (Å²) in [5, 5.41) is 2.92. The number of hydrogen-bond acceptors (Lipinski definition) is 3. The van der Waals surface area contributed by atoms with Crippen molar-refractivity contribution in [1.82, 2.24) is 0 Å². The van der Waals surface area contributed by atoms with Crippen LogP contribution < -0.4 is 10.1 Å². The molecule has 38 heavy (non-hydrogen) atoms. The lowest BCUT2D eigenvalue weighted by atomic mass is 9.99. The zero-order chi connectivity index (χ0) is 27.1. The Morgan fingerprint density at radius 2 is 1.68 bits per heavy atom. The number of halogens is 3. The summed E-state index contributed by atoms with van der Waals surface area (Å²) in [6.07, 6.45) is 2.23. The Morgan fingerprint density at radius 3 is 2.37 bits per heavy atom. The molecular formula is C30H30F3NO3P+. The van der Waals surface area contributed by atoms with Gasteiger partial charge in [0.05, 0.1) is 12.2 Å². The first kappa shape index (κ1) is 27.6. The minimum absolute atomic E-state index is 0.250. The van der Waals surface area contributed by atoms with Crippen molar-refractivity contribution >= 4 is 25.5 Å². The van der Waals surface area contributed by atoms with Crippen LogP contribution in [0.3, 0.4) is 0 Å². The predicted molar refractivity (Wildman–Crippen MR) is 146 cm³/mol. The second kappa shape index (κ2) is 12.4. The van der Waals surface area contributed by atoms with Crippen molar-refractivity contribution in [2.75, 3.05) is 18.1 Å². The normalized spacial score (nSPS) is 13.6. The van der Waals surface area contributed by atoms with Gasteiger partial charge in [-0.2, -0.15) is 13.2 Å². The highest BCUT2D eigenvalue weighted by Gasteiger charge is 2.30. The molecule has 0 spiro atoms. The Balaban J connectivity index is 1.45. The van der Waals surface area contributed by atoms with Crippen LogP contribution in [0.4, 0.5) is 18.9 Å². The summed E-state index contributed by atoms with van der Waals surface area (Å²) >= 11 is 0. The monoisotopic (exact) mass is 540 g/mol. The van der Waals surface area contributed by atoms with Crippen molar-refractivity contribution in [3.63, 3.8) is 0 Å². The molecule has 8 heteroatoms. The fourth-order valence-electron chi connectivity index (χ4n) is 4.26. The van der Waals surface area contributed by atoms with Gasteiger partial charge < -0.3 is 10.1 Å². The fraction of sp³-hybridized carbons (Fsp3) is 0.300. The van der Waals surface area contributed by atoms with Crippen molar-refractivity contribution in [2.45, 2.75) is 44.9 Å². The summed E-state index contributed by atoms with van der Waals surface area (Å²) in [6, 6.07) is 17.8. The van der Waals surface area contributed by atoms with E-state index in [-0.39, 0.29) is 5.91 Å². The predicted octanol–water partition coefficient (Wildman–Crippen LogP) is 8.69. The zero-order valence-corrected chi connectivity index (χ0v) is 22.1. The summed E-state index contributed by atoms with van der Waals surface area (Å²) in [6.45, 7) is 2.45. The van der Waals surface area contributed by atoms with Gasteiger partial charge in [-0.1, -0.05) is 48.2 Å². The van der Waals surface area contributed by atoms with Gasteiger partial charge >= 0.3 is 14.0 Å². The first-order chi connectivity index (χ1) is 18.2. The van der Waals surface area contributed by atoms with Crippen LogP contribution in [0.25, 0.3) is 17.2 Å². The van der Waals surface area contributed by atoms with Gasteiger partial charge in [-0.15, -0.1) is 0 Å². The molecule has 4 rings (SSSR count). The smallest absolute Gasteiger partial charge is 0.416 e. The average molecular weight is 541 g/mol. The van der Waals surface area contributed by atoms with Crippen molar-refractivity contribution < 1.29 is 27.3 Å². The second-order valence-corrected chi connectivity index (χ2v) is 11.0. The molecule has 0 aliphatic carbocycles. The number of carbonyl (C=O) groups is 1. The molecule has 0 bridgehead atoms. The number of benzene rings is 3. The van der Waals surface area contributed by atoms with Crippen LogP contribution >= 0.6 is 7.80 Å². The fourth-order valence-corrected chi connectivity index (χ4v) is 5.61. The molecule has 1 amide bonds.